The Morgan fingerprint density at radius 3 is 2.58 bits per heavy atom. The van der Waals surface area contributed by atoms with Crippen molar-refractivity contribution < 1.29 is 9.26 Å². The third-order valence-corrected chi connectivity index (χ3v) is 4.90. The Morgan fingerprint density at radius 1 is 1.12 bits per heavy atom. The number of para-hydroxylation sites is 1. The minimum Gasteiger partial charge on any atom is -0.496 e. The SMILES string of the molecule is COc1ccccc1-c1noc(CN(C)C2CCCCCCC2)n1. The molecule has 5 heteroatoms. The molecule has 1 aromatic heterocycles. The van der Waals surface area contributed by atoms with Gasteiger partial charge in [-0.1, -0.05) is 49.4 Å². The number of ether oxygens (including phenoxy) is 1. The fraction of sp³-hybridized carbons (Fsp3) is 0.579. The van der Waals surface area contributed by atoms with Crippen molar-refractivity contribution in [1.29, 1.82) is 0 Å². The Hall–Kier alpha value is -1.88. The molecule has 3 rings (SSSR count). The van der Waals surface area contributed by atoms with E-state index >= 15 is 0 Å². The first-order valence-electron chi connectivity index (χ1n) is 8.94. The molecule has 1 aromatic carbocycles. The van der Waals surface area contributed by atoms with E-state index in [2.05, 4.69) is 22.1 Å². The Kier molecular flexibility index (Phi) is 5.86. The van der Waals surface area contributed by atoms with Crippen LogP contribution in [-0.2, 0) is 6.54 Å². The molecule has 0 amide bonds. The zero-order valence-corrected chi connectivity index (χ0v) is 14.7. The van der Waals surface area contributed by atoms with Crippen LogP contribution in [-0.4, -0.2) is 35.2 Å². The summed E-state index contributed by atoms with van der Waals surface area (Å²) in [7, 11) is 3.82. The lowest BCUT2D eigenvalue weighted by molar-refractivity contribution is 0.174. The molecule has 0 atom stereocenters. The van der Waals surface area contributed by atoms with Crippen LogP contribution in [0.5, 0.6) is 5.75 Å². The van der Waals surface area contributed by atoms with Crippen LogP contribution >= 0.6 is 0 Å². The summed E-state index contributed by atoms with van der Waals surface area (Å²) in [6.45, 7) is 0.701. The second-order valence-electron chi connectivity index (χ2n) is 6.63. The molecule has 5 nitrogen and oxygen atoms in total. The maximum atomic E-state index is 5.48. The molecule has 0 saturated heterocycles. The summed E-state index contributed by atoms with van der Waals surface area (Å²) in [5.41, 5.74) is 0.864. The summed E-state index contributed by atoms with van der Waals surface area (Å²) in [6, 6.07) is 8.37. The topological polar surface area (TPSA) is 51.4 Å². The summed E-state index contributed by atoms with van der Waals surface area (Å²) in [5.74, 6) is 2.02. The monoisotopic (exact) mass is 329 g/mol. The number of methoxy groups -OCH3 is 1. The average molecular weight is 329 g/mol. The van der Waals surface area contributed by atoms with E-state index in [1.165, 1.54) is 44.9 Å². The summed E-state index contributed by atoms with van der Waals surface area (Å²) >= 11 is 0. The third-order valence-electron chi connectivity index (χ3n) is 4.90. The maximum absolute atomic E-state index is 5.48. The van der Waals surface area contributed by atoms with E-state index in [1.807, 2.05) is 24.3 Å². The van der Waals surface area contributed by atoms with Crippen molar-refractivity contribution in [2.24, 2.45) is 0 Å². The van der Waals surface area contributed by atoms with Gasteiger partial charge in [-0.05, 0) is 32.0 Å². The molecule has 1 fully saturated rings. The smallest absolute Gasteiger partial charge is 0.241 e. The normalized spacial score (nSPS) is 16.8. The van der Waals surface area contributed by atoms with Gasteiger partial charge in [-0.15, -0.1) is 0 Å². The highest BCUT2D eigenvalue weighted by molar-refractivity contribution is 5.63. The van der Waals surface area contributed by atoms with Gasteiger partial charge in [-0.3, -0.25) is 4.90 Å². The highest BCUT2D eigenvalue weighted by atomic mass is 16.5. The largest absolute Gasteiger partial charge is 0.496 e. The molecule has 130 valence electrons. The van der Waals surface area contributed by atoms with Crippen molar-refractivity contribution in [3.63, 3.8) is 0 Å². The number of benzene rings is 1. The standard InChI is InChI=1S/C19H27N3O2/c1-22(15-10-6-4-3-5-7-11-15)14-18-20-19(21-24-18)16-12-8-9-13-17(16)23-2/h8-9,12-13,15H,3-7,10-11,14H2,1-2H3. The van der Waals surface area contributed by atoms with Crippen molar-refractivity contribution in [2.45, 2.75) is 57.5 Å². The molecule has 1 aliphatic carbocycles. The molecule has 24 heavy (non-hydrogen) atoms. The molecule has 0 aliphatic heterocycles. The van der Waals surface area contributed by atoms with Crippen molar-refractivity contribution in [3.8, 4) is 17.1 Å². The molecular weight excluding hydrogens is 302 g/mol. The van der Waals surface area contributed by atoms with E-state index in [4.69, 9.17) is 9.26 Å². The van der Waals surface area contributed by atoms with Gasteiger partial charge in [0.1, 0.15) is 5.75 Å². The van der Waals surface area contributed by atoms with Crippen molar-refractivity contribution in [3.05, 3.63) is 30.2 Å². The number of hydrogen-bond acceptors (Lipinski definition) is 5. The van der Waals surface area contributed by atoms with Crippen LogP contribution in [0.3, 0.4) is 0 Å². The molecule has 1 heterocycles. The second kappa shape index (κ2) is 8.29. The predicted molar refractivity (Wildman–Crippen MR) is 93.9 cm³/mol. The van der Waals surface area contributed by atoms with Gasteiger partial charge in [0.2, 0.25) is 11.7 Å². The minimum absolute atomic E-state index is 0.591. The summed E-state index contributed by atoms with van der Waals surface area (Å²) in [4.78, 5) is 6.93. The van der Waals surface area contributed by atoms with Gasteiger partial charge < -0.3 is 9.26 Å². The Bertz CT molecular complexity index is 633. The molecule has 0 N–H and O–H groups in total. The summed E-state index contributed by atoms with van der Waals surface area (Å²) < 4.78 is 10.9. The van der Waals surface area contributed by atoms with Crippen LogP contribution in [0, 0.1) is 0 Å². The average Bonchev–Trinajstić information content (AvgIpc) is 3.02. The van der Waals surface area contributed by atoms with E-state index in [9.17, 15) is 0 Å². The highest BCUT2D eigenvalue weighted by Gasteiger charge is 2.19. The van der Waals surface area contributed by atoms with Crippen LogP contribution in [0.4, 0.5) is 0 Å². The number of hydrogen-bond donors (Lipinski definition) is 0. The van der Waals surface area contributed by atoms with E-state index in [1.54, 1.807) is 7.11 Å². The fourth-order valence-corrected chi connectivity index (χ4v) is 3.48. The van der Waals surface area contributed by atoms with Gasteiger partial charge in [-0.2, -0.15) is 4.98 Å². The van der Waals surface area contributed by atoms with Crippen molar-refractivity contribution >= 4 is 0 Å². The minimum atomic E-state index is 0.591. The quantitative estimate of drug-likeness (QED) is 0.819. The van der Waals surface area contributed by atoms with E-state index in [-0.39, 0.29) is 0 Å². The third kappa shape index (κ3) is 4.15. The lowest BCUT2D eigenvalue weighted by Gasteiger charge is -2.28. The Balaban J connectivity index is 1.67. The van der Waals surface area contributed by atoms with E-state index in [0.29, 0.717) is 24.3 Å². The Morgan fingerprint density at radius 2 is 1.83 bits per heavy atom. The van der Waals surface area contributed by atoms with Gasteiger partial charge in [-0.25, -0.2) is 0 Å². The summed E-state index contributed by atoms with van der Waals surface area (Å²) in [5, 5.41) is 4.13. The lowest BCUT2D eigenvalue weighted by Crippen LogP contribution is -2.31. The van der Waals surface area contributed by atoms with Crippen LogP contribution in [0.1, 0.15) is 50.8 Å². The lowest BCUT2D eigenvalue weighted by atomic mass is 9.96. The van der Waals surface area contributed by atoms with Gasteiger partial charge in [0, 0.05) is 6.04 Å². The summed E-state index contributed by atoms with van der Waals surface area (Å²) in [6.07, 6.45) is 9.30. The first kappa shape index (κ1) is 17.0. The number of rotatable bonds is 5. The molecule has 0 unspecified atom stereocenters. The van der Waals surface area contributed by atoms with E-state index < -0.39 is 0 Å². The van der Waals surface area contributed by atoms with Gasteiger partial charge in [0.25, 0.3) is 0 Å². The zero-order chi connectivity index (χ0) is 16.8. The predicted octanol–water partition coefficient (Wildman–Crippen LogP) is 4.29. The first-order chi connectivity index (χ1) is 11.8. The fourth-order valence-electron chi connectivity index (χ4n) is 3.48. The molecule has 2 aromatic rings. The number of nitrogens with zero attached hydrogens (tertiary/aromatic N) is 3. The van der Waals surface area contributed by atoms with Crippen LogP contribution < -0.4 is 4.74 Å². The zero-order valence-electron chi connectivity index (χ0n) is 14.7. The van der Waals surface area contributed by atoms with Crippen LogP contribution in [0.2, 0.25) is 0 Å². The maximum Gasteiger partial charge on any atom is 0.241 e. The first-order valence-corrected chi connectivity index (χ1v) is 8.94. The molecular formula is C19H27N3O2. The van der Waals surface area contributed by atoms with Gasteiger partial charge in [0.05, 0.1) is 19.2 Å². The molecule has 0 spiro atoms. The molecule has 0 radical (unpaired) electrons. The number of aromatic nitrogens is 2. The molecule has 1 saturated carbocycles. The van der Waals surface area contributed by atoms with Gasteiger partial charge >= 0.3 is 0 Å². The van der Waals surface area contributed by atoms with E-state index in [0.717, 1.165) is 11.3 Å². The van der Waals surface area contributed by atoms with Crippen molar-refractivity contribution in [1.82, 2.24) is 15.0 Å². The second-order valence-corrected chi connectivity index (χ2v) is 6.63. The van der Waals surface area contributed by atoms with Crippen molar-refractivity contribution in [2.75, 3.05) is 14.2 Å². The highest BCUT2D eigenvalue weighted by Crippen LogP contribution is 2.27. The molecule has 1 aliphatic rings. The van der Waals surface area contributed by atoms with Crippen LogP contribution in [0.15, 0.2) is 28.8 Å². The van der Waals surface area contributed by atoms with Gasteiger partial charge in [0.15, 0.2) is 0 Å². The molecule has 0 bridgehead atoms. The van der Waals surface area contributed by atoms with Crippen LogP contribution in [0.25, 0.3) is 11.4 Å². The Labute approximate surface area is 144 Å².